The van der Waals surface area contributed by atoms with Gasteiger partial charge in [-0.15, -0.1) is 0 Å². The standard InChI is InChI=1S/C10H12ClN3O2S/c1-6(15)17-5-7-2-10(16)14(4-7)9-3-8(11)12-13-9/h3,7H,2,4-5H2,1H3,(H,12,13). The number of amides is 1. The first kappa shape index (κ1) is 12.4. The van der Waals surface area contributed by atoms with Crippen molar-refractivity contribution in [2.24, 2.45) is 5.92 Å². The normalized spacial score (nSPS) is 20.0. The summed E-state index contributed by atoms with van der Waals surface area (Å²) in [5.41, 5.74) is 0. The van der Waals surface area contributed by atoms with Crippen molar-refractivity contribution in [2.45, 2.75) is 13.3 Å². The lowest BCUT2D eigenvalue weighted by atomic mass is 10.1. The number of halogens is 1. The zero-order valence-corrected chi connectivity index (χ0v) is 10.8. The number of carbonyl (C=O) groups is 2. The number of hydrogen-bond acceptors (Lipinski definition) is 4. The molecule has 1 amide bonds. The van der Waals surface area contributed by atoms with Crippen molar-refractivity contribution < 1.29 is 9.59 Å². The molecule has 7 heteroatoms. The van der Waals surface area contributed by atoms with Gasteiger partial charge in [-0.3, -0.25) is 19.6 Å². The van der Waals surface area contributed by atoms with Crippen LogP contribution in [0.3, 0.4) is 0 Å². The number of aromatic nitrogens is 2. The van der Waals surface area contributed by atoms with Gasteiger partial charge < -0.3 is 0 Å². The average molecular weight is 274 g/mol. The summed E-state index contributed by atoms with van der Waals surface area (Å²) < 4.78 is 0. The van der Waals surface area contributed by atoms with Crippen molar-refractivity contribution in [1.82, 2.24) is 10.2 Å². The van der Waals surface area contributed by atoms with Gasteiger partial charge in [0.25, 0.3) is 0 Å². The van der Waals surface area contributed by atoms with E-state index in [-0.39, 0.29) is 16.9 Å². The fourth-order valence-electron chi connectivity index (χ4n) is 1.78. The van der Waals surface area contributed by atoms with Crippen molar-refractivity contribution in [3.63, 3.8) is 0 Å². The molecule has 1 fully saturated rings. The van der Waals surface area contributed by atoms with Crippen LogP contribution < -0.4 is 4.90 Å². The third-order valence-corrected chi connectivity index (χ3v) is 3.78. The highest BCUT2D eigenvalue weighted by atomic mass is 35.5. The topological polar surface area (TPSA) is 66.1 Å². The summed E-state index contributed by atoms with van der Waals surface area (Å²) in [4.78, 5) is 24.2. The van der Waals surface area contributed by atoms with Crippen LogP contribution in [0.5, 0.6) is 0 Å². The Labute approximate surface area is 108 Å². The molecule has 17 heavy (non-hydrogen) atoms. The van der Waals surface area contributed by atoms with Crippen molar-refractivity contribution in [3.05, 3.63) is 11.2 Å². The second-order valence-electron chi connectivity index (χ2n) is 3.95. The highest BCUT2D eigenvalue weighted by molar-refractivity contribution is 8.13. The number of carbonyl (C=O) groups excluding carboxylic acids is 2. The second-order valence-corrected chi connectivity index (χ2v) is 5.56. The van der Waals surface area contributed by atoms with E-state index in [1.54, 1.807) is 11.0 Å². The number of H-pyrrole nitrogens is 1. The van der Waals surface area contributed by atoms with Crippen molar-refractivity contribution in [1.29, 1.82) is 0 Å². The lowest BCUT2D eigenvalue weighted by molar-refractivity contribution is -0.117. The zero-order valence-electron chi connectivity index (χ0n) is 9.27. The van der Waals surface area contributed by atoms with Crippen LogP contribution in [-0.2, 0) is 9.59 Å². The summed E-state index contributed by atoms with van der Waals surface area (Å²) in [6.45, 7) is 2.13. The molecule has 0 aromatic carbocycles. The highest BCUT2D eigenvalue weighted by Crippen LogP contribution is 2.27. The Morgan fingerprint density at radius 1 is 1.76 bits per heavy atom. The third-order valence-electron chi connectivity index (χ3n) is 2.54. The SMILES string of the molecule is CC(=O)SCC1CC(=O)N(c2cc(Cl)[nH]n2)C1. The Balaban J connectivity index is 1.98. The van der Waals surface area contributed by atoms with E-state index in [0.29, 0.717) is 29.7 Å². The van der Waals surface area contributed by atoms with E-state index in [1.807, 2.05) is 0 Å². The molecule has 2 rings (SSSR count). The van der Waals surface area contributed by atoms with Crippen LogP contribution in [0.25, 0.3) is 0 Å². The molecule has 0 aliphatic carbocycles. The largest absolute Gasteiger partial charge is 0.295 e. The molecule has 92 valence electrons. The minimum atomic E-state index is 0.0299. The molecule has 1 aliphatic heterocycles. The van der Waals surface area contributed by atoms with Gasteiger partial charge >= 0.3 is 0 Å². The summed E-state index contributed by atoms with van der Waals surface area (Å²) in [6, 6.07) is 1.62. The van der Waals surface area contributed by atoms with Gasteiger partial charge in [-0.1, -0.05) is 23.4 Å². The molecule has 1 saturated heterocycles. The number of nitrogens with one attached hydrogen (secondary N) is 1. The van der Waals surface area contributed by atoms with Crippen LogP contribution in [0.2, 0.25) is 5.15 Å². The molecule has 0 radical (unpaired) electrons. The predicted octanol–water partition coefficient (Wildman–Crippen LogP) is 1.70. The van der Waals surface area contributed by atoms with Crippen LogP contribution >= 0.6 is 23.4 Å². The summed E-state index contributed by atoms with van der Waals surface area (Å²) in [6.07, 6.45) is 0.463. The summed E-state index contributed by atoms with van der Waals surface area (Å²) in [5.74, 6) is 1.46. The van der Waals surface area contributed by atoms with Gasteiger partial charge in [0, 0.05) is 31.7 Å². The molecule has 0 saturated carbocycles. The number of aromatic amines is 1. The molecule has 1 aromatic heterocycles. The van der Waals surface area contributed by atoms with E-state index in [2.05, 4.69) is 10.2 Å². The maximum absolute atomic E-state index is 11.8. The van der Waals surface area contributed by atoms with Gasteiger partial charge in [-0.05, 0) is 5.92 Å². The number of rotatable bonds is 3. The Morgan fingerprint density at radius 2 is 2.53 bits per heavy atom. The average Bonchev–Trinajstić information content (AvgIpc) is 2.82. The first-order chi connectivity index (χ1) is 8.06. The Morgan fingerprint density at radius 3 is 3.12 bits per heavy atom. The van der Waals surface area contributed by atoms with Crippen LogP contribution in [0.1, 0.15) is 13.3 Å². The summed E-state index contributed by atoms with van der Waals surface area (Å²) >= 11 is 6.98. The van der Waals surface area contributed by atoms with Crippen LogP contribution in [0, 0.1) is 5.92 Å². The molecule has 1 aliphatic rings. The van der Waals surface area contributed by atoms with E-state index in [9.17, 15) is 9.59 Å². The molecule has 0 spiro atoms. The van der Waals surface area contributed by atoms with Crippen molar-refractivity contribution in [2.75, 3.05) is 17.2 Å². The minimum absolute atomic E-state index is 0.0299. The molecule has 0 bridgehead atoms. The molecular formula is C10H12ClN3O2S. The van der Waals surface area contributed by atoms with Gasteiger partial charge in [-0.2, -0.15) is 5.10 Å². The third kappa shape index (κ3) is 3.01. The van der Waals surface area contributed by atoms with E-state index in [1.165, 1.54) is 18.7 Å². The van der Waals surface area contributed by atoms with Crippen molar-refractivity contribution >= 4 is 40.2 Å². The molecule has 5 nitrogen and oxygen atoms in total. The molecule has 1 aromatic rings. The summed E-state index contributed by atoms with van der Waals surface area (Å²) in [7, 11) is 0. The molecule has 1 N–H and O–H groups in total. The second kappa shape index (κ2) is 5.10. The lowest BCUT2D eigenvalue weighted by Gasteiger charge is -2.12. The van der Waals surface area contributed by atoms with E-state index in [0.717, 1.165) is 0 Å². The minimum Gasteiger partial charge on any atom is -0.295 e. The fourth-order valence-corrected chi connectivity index (χ4v) is 2.61. The fraction of sp³-hybridized carbons (Fsp3) is 0.500. The van der Waals surface area contributed by atoms with Gasteiger partial charge in [0.15, 0.2) is 10.9 Å². The van der Waals surface area contributed by atoms with Crippen LogP contribution in [0.15, 0.2) is 6.07 Å². The first-order valence-electron chi connectivity index (χ1n) is 5.21. The van der Waals surface area contributed by atoms with E-state index in [4.69, 9.17) is 11.6 Å². The van der Waals surface area contributed by atoms with Crippen molar-refractivity contribution in [3.8, 4) is 0 Å². The molecule has 1 atom stereocenters. The monoisotopic (exact) mass is 273 g/mol. The maximum atomic E-state index is 11.8. The van der Waals surface area contributed by atoms with Gasteiger partial charge in [0.1, 0.15) is 5.15 Å². The maximum Gasteiger partial charge on any atom is 0.228 e. The van der Waals surface area contributed by atoms with Crippen LogP contribution in [-0.4, -0.2) is 33.5 Å². The lowest BCUT2D eigenvalue weighted by Crippen LogP contribution is -2.25. The first-order valence-corrected chi connectivity index (χ1v) is 6.57. The smallest absolute Gasteiger partial charge is 0.228 e. The Bertz CT molecular complexity index is 449. The van der Waals surface area contributed by atoms with Crippen LogP contribution in [0.4, 0.5) is 5.82 Å². The summed E-state index contributed by atoms with van der Waals surface area (Å²) in [5, 5.41) is 7.04. The quantitative estimate of drug-likeness (QED) is 0.910. The Hall–Kier alpha value is -1.01. The molecule has 1 unspecified atom stereocenters. The predicted molar refractivity (Wildman–Crippen MR) is 67.2 cm³/mol. The Kier molecular flexibility index (Phi) is 3.73. The number of hydrogen-bond donors (Lipinski definition) is 1. The number of thioether (sulfide) groups is 1. The van der Waals surface area contributed by atoms with E-state index >= 15 is 0 Å². The van der Waals surface area contributed by atoms with Gasteiger partial charge in [0.2, 0.25) is 5.91 Å². The molecular weight excluding hydrogens is 262 g/mol. The van der Waals surface area contributed by atoms with Gasteiger partial charge in [0.05, 0.1) is 0 Å². The number of anilines is 1. The van der Waals surface area contributed by atoms with E-state index < -0.39 is 0 Å². The number of nitrogens with zero attached hydrogens (tertiary/aromatic N) is 2. The zero-order chi connectivity index (χ0) is 12.4. The molecule has 2 heterocycles. The van der Waals surface area contributed by atoms with Gasteiger partial charge in [-0.25, -0.2) is 0 Å². The highest BCUT2D eigenvalue weighted by Gasteiger charge is 2.31.